The molecule has 2 N–H and O–H groups in total. The Balaban J connectivity index is 2.51. The quantitative estimate of drug-likeness (QED) is 0.592. The van der Waals surface area contributed by atoms with Crippen LogP contribution in [0.25, 0.3) is 0 Å². The summed E-state index contributed by atoms with van der Waals surface area (Å²) in [7, 11) is 0. The molecule has 0 fully saturated rings. The number of amides is 1. The lowest BCUT2D eigenvalue weighted by molar-refractivity contribution is -0.121. The van der Waals surface area contributed by atoms with Gasteiger partial charge >= 0.3 is 0 Å². The summed E-state index contributed by atoms with van der Waals surface area (Å²) in [5, 5.41) is 11.7. The van der Waals surface area contributed by atoms with Crippen molar-refractivity contribution < 1.29 is 9.90 Å². The number of carbonyl (C=O) groups excluding carboxylic acids is 1. The second-order valence-electron chi connectivity index (χ2n) is 4.67. The van der Waals surface area contributed by atoms with Crippen molar-refractivity contribution in [2.75, 3.05) is 6.61 Å². The van der Waals surface area contributed by atoms with E-state index in [0.717, 1.165) is 30.4 Å². The zero-order valence-corrected chi connectivity index (χ0v) is 12.1. The molecule has 0 radical (unpaired) electrons. The molecule has 0 saturated heterocycles. The lowest BCUT2D eigenvalue weighted by atomic mass is 10.1. The number of benzene rings is 1. The van der Waals surface area contributed by atoms with Gasteiger partial charge in [-0.1, -0.05) is 49.8 Å². The second-order valence-corrected chi connectivity index (χ2v) is 4.67. The van der Waals surface area contributed by atoms with Crippen LogP contribution in [0.5, 0.6) is 0 Å². The van der Waals surface area contributed by atoms with E-state index in [9.17, 15) is 4.79 Å². The van der Waals surface area contributed by atoms with Crippen molar-refractivity contribution >= 4 is 5.91 Å². The van der Waals surface area contributed by atoms with Gasteiger partial charge in [0, 0.05) is 24.9 Å². The minimum absolute atomic E-state index is 0.0727. The van der Waals surface area contributed by atoms with Crippen LogP contribution in [0.1, 0.15) is 50.2 Å². The van der Waals surface area contributed by atoms with E-state index in [4.69, 9.17) is 5.11 Å². The van der Waals surface area contributed by atoms with E-state index in [2.05, 4.69) is 24.1 Å². The van der Waals surface area contributed by atoms with Crippen molar-refractivity contribution in [2.24, 2.45) is 0 Å². The molecule has 0 heterocycles. The van der Waals surface area contributed by atoms with Gasteiger partial charge < -0.3 is 10.4 Å². The molecule has 0 aliphatic carbocycles. The van der Waals surface area contributed by atoms with Crippen LogP contribution in [0.15, 0.2) is 24.3 Å². The Morgan fingerprint density at radius 3 is 2.85 bits per heavy atom. The second kappa shape index (κ2) is 10.1. The molecule has 1 aromatic rings. The van der Waals surface area contributed by atoms with Gasteiger partial charge in [-0.3, -0.25) is 4.79 Å². The van der Waals surface area contributed by atoms with Crippen molar-refractivity contribution in [2.45, 2.75) is 45.6 Å². The third kappa shape index (κ3) is 6.40. The monoisotopic (exact) mass is 273 g/mol. The Hall–Kier alpha value is -1.79. The summed E-state index contributed by atoms with van der Waals surface area (Å²) in [6, 6.07) is 7.77. The van der Waals surface area contributed by atoms with Crippen LogP contribution in [-0.4, -0.2) is 17.6 Å². The van der Waals surface area contributed by atoms with Crippen LogP contribution in [0.2, 0.25) is 0 Å². The molecular weight excluding hydrogens is 250 g/mol. The number of hydrogen-bond acceptors (Lipinski definition) is 2. The molecule has 0 aliphatic rings. The van der Waals surface area contributed by atoms with Crippen LogP contribution >= 0.6 is 0 Å². The van der Waals surface area contributed by atoms with Gasteiger partial charge in [0.2, 0.25) is 5.91 Å². The Morgan fingerprint density at radius 2 is 2.10 bits per heavy atom. The summed E-state index contributed by atoms with van der Waals surface area (Å²) >= 11 is 0. The van der Waals surface area contributed by atoms with Gasteiger partial charge in [0.1, 0.15) is 0 Å². The Kier molecular flexibility index (Phi) is 8.17. The van der Waals surface area contributed by atoms with Crippen LogP contribution in [0, 0.1) is 11.8 Å². The van der Waals surface area contributed by atoms with Crippen molar-refractivity contribution in [3.63, 3.8) is 0 Å². The van der Waals surface area contributed by atoms with Crippen LogP contribution in [0.3, 0.4) is 0 Å². The Labute approximate surface area is 121 Å². The highest BCUT2D eigenvalue weighted by Crippen LogP contribution is 2.07. The molecule has 0 spiro atoms. The van der Waals surface area contributed by atoms with Gasteiger partial charge in [0.15, 0.2) is 0 Å². The molecule has 3 heteroatoms. The van der Waals surface area contributed by atoms with Crippen molar-refractivity contribution in [3.8, 4) is 11.8 Å². The highest BCUT2D eigenvalue weighted by molar-refractivity contribution is 5.75. The van der Waals surface area contributed by atoms with Crippen LogP contribution in [0.4, 0.5) is 0 Å². The molecule has 0 unspecified atom stereocenters. The fraction of sp³-hybridized carbons (Fsp3) is 0.471. The molecule has 1 aromatic carbocycles. The third-order valence-electron chi connectivity index (χ3n) is 2.96. The fourth-order valence-corrected chi connectivity index (χ4v) is 1.83. The normalized spacial score (nSPS) is 9.70. The lowest BCUT2D eigenvalue weighted by Crippen LogP contribution is -2.22. The van der Waals surface area contributed by atoms with Gasteiger partial charge in [-0.25, -0.2) is 0 Å². The minimum Gasteiger partial charge on any atom is -0.395 e. The largest absolute Gasteiger partial charge is 0.395 e. The molecule has 1 rings (SSSR count). The summed E-state index contributed by atoms with van der Waals surface area (Å²) in [6.45, 7) is 2.71. The highest BCUT2D eigenvalue weighted by Gasteiger charge is 2.03. The Morgan fingerprint density at radius 1 is 1.30 bits per heavy atom. The SMILES string of the molecule is CCCCCC(=O)NCc1ccccc1C#CCCO. The molecule has 0 aliphatic heterocycles. The predicted octanol–water partition coefficient (Wildman–Crippen LogP) is 2.62. The van der Waals surface area contributed by atoms with Gasteiger partial charge in [-0.2, -0.15) is 0 Å². The zero-order valence-electron chi connectivity index (χ0n) is 12.1. The maximum absolute atomic E-state index is 11.7. The maximum atomic E-state index is 11.7. The van der Waals surface area contributed by atoms with Gasteiger partial charge in [-0.15, -0.1) is 0 Å². The summed E-state index contributed by atoms with van der Waals surface area (Å²) < 4.78 is 0. The van der Waals surface area contributed by atoms with E-state index in [1.54, 1.807) is 0 Å². The van der Waals surface area contributed by atoms with E-state index in [1.165, 1.54) is 0 Å². The Bertz CT molecular complexity index is 471. The van der Waals surface area contributed by atoms with E-state index < -0.39 is 0 Å². The minimum atomic E-state index is 0.0727. The first-order valence-electron chi connectivity index (χ1n) is 7.22. The topological polar surface area (TPSA) is 49.3 Å². The number of carbonyl (C=O) groups is 1. The third-order valence-corrected chi connectivity index (χ3v) is 2.96. The lowest BCUT2D eigenvalue weighted by Gasteiger charge is -2.07. The van der Waals surface area contributed by atoms with Crippen molar-refractivity contribution in [1.82, 2.24) is 5.32 Å². The number of aliphatic hydroxyl groups excluding tert-OH is 1. The maximum Gasteiger partial charge on any atom is 0.220 e. The molecule has 0 saturated carbocycles. The molecule has 1 amide bonds. The summed E-state index contributed by atoms with van der Waals surface area (Å²) in [5.41, 5.74) is 1.93. The molecule has 0 aromatic heterocycles. The zero-order chi connectivity index (χ0) is 14.6. The summed E-state index contributed by atoms with van der Waals surface area (Å²) in [4.78, 5) is 11.7. The summed E-state index contributed by atoms with van der Waals surface area (Å²) in [5.74, 6) is 6.03. The van der Waals surface area contributed by atoms with Gasteiger partial charge in [0.05, 0.1) is 6.61 Å². The van der Waals surface area contributed by atoms with Gasteiger partial charge in [-0.05, 0) is 18.1 Å². The first-order chi connectivity index (χ1) is 9.77. The smallest absolute Gasteiger partial charge is 0.220 e. The van der Waals surface area contributed by atoms with E-state index >= 15 is 0 Å². The predicted molar refractivity (Wildman–Crippen MR) is 81.0 cm³/mol. The van der Waals surface area contributed by atoms with E-state index in [-0.39, 0.29) is 12.5 Å². The number of hydrogen-bond donors (Lipinski definition) is 2. The summed E-state index contributed by atoms with van der Waals surface area (Å²) in [6.07, 6.45) is 4.22. The molecular formula is C17H23NO2. The highest BCUT2D eigenvalue weighted by atomic mass is 16.2. The first-order valence-corrected chi connectivity index (χ1v) is 7.22. The molecule has 0 atom stereocenters. The van der Waals surface area contributed by atoms with Gasteiger partial charge in [0.25, 0.3) is 0 Å². The fourth-order valence-electron chi connectivity index (χ4n) is 1.83. The molecule has 108 valence electrons. The number of rotatable bonds is 7. The average molecular weight is 273 g/mol. The van der Waals surface area contributed by atoms with Crippen molar-refractivity contribution in [3.05, 3.63) is 35.4 Å². The van der Waals surface area contributed by atoms with E-state index in [1.807, 2.05) is 24.3 Å². The number of nitrogens with one attached hydrogen (secondary N) is 1. The molecule has 0 bridgehead atoms. The first kappa shape index (κ1) is 16.3. The number of unbranched alkanes of at least 4 members (excludes halogenated alkanes) is 2. The standard InChI is InChI=1S/C17H23NO2/c1-2-3-4-12-17(20)18-14-16-11-6-5-9-15(16)10-7-8-13-19/h5-6,9,11,19H,2-4,8,12-14H2,1H3,(H,18,20). The molecule has 20 heavy (non-hydrogen) atoms. The molecule has 3 nitrogen and oxygen atoms in total. The van der Waals surface area contributed by atoms with Crippen LogP contribution < -0.4 is 5.32 Å². The van der Waals surface area contributed by atoms with Crippen molar-refractivity contribution in [1.29, 1.82) is 0 Å². The number of aliphatic hydroxyl groups is 1. The average Bonchev–Trinajstić information content (AvgIpc) is 2.47. The van der Waals surface area contributed by atoms with E-state index in [0.29, 0.717) is 19.4 Å². The van der Waals surface area contributed by atoms with Crippen LogP contribution in [-0.2, 0) is 11.3 Å².